The summed E-state index contributed by atoms with van der Waals surface area (Å²) in [4.78, 5) is 19.6. The summed E-state index contributed by atoms with van der Waals surface area (Å²) in [6, 6.07) is 0. The number of nitrogens with two attached hydrogens (primary N) is 2. The van der Waals surface area contributed by atoms with Crippen molar-refractivity contribution in [3.63, 3.8) is 0 Å². The number of aliphatic carboxylic acids is 1. The van der Waals surface area contributed by atoms with Gasteiger partial charge in [-0.1, -0.05) is 41.5 Å². The molecule has 0 aliphatic heterocycles. The molecule has 0 fully saturated rings. The summed E-state index contributed by atoms with van der Waals surface area (Å²) in [5, 5.41) is 8.70. The van der Waals surface area contributed by atoms with Crippen LogP contribution in [-0.2, 0) is 4.79 Å². The van der Waals surface area contributed by atoms with E-state index in [2.05, 4.69) is 32.7 Å². The Labute approximate surface area is 140 Å². The Morgan fingerprint density at radius 2 is 1.52 bits per heavy atom. The molecule has 0 aromatic rings. The number of rotatable bonds is 8. The van der Waals surface area contributed by atoms with Gasteiger partial charge in [-0.25, -0.2) is 0 Å². The van der Waals surface area contributed by atoms with E-state index in [9.17, 15) is 4.79 Å². The van der Waals surface area contributed by atoms with Gasteiger partial charge in [0.2, 0.25) is 0 Å². The van der Waals surface area contributed by atoms with Crippen molar-refractivity contribution in [2.45, 2.75) is 67.3 Å². The molecule has 0 atom stereocenters. The average molecular weight is 326 g/mol. The Bertz CT molecular complexity index is 489. The summed E-state index contributed by atoms with van der Waals surface area (Å²) >= 11 is 0. The molecule has 134 valence electrons. The highest BCUT2D eigenvalue weighted by atomic mass is 16.4. The van der Waals surface area contributed by atoms with E-state index in [1.807, 2.05) is 27.7 Å². The number of hydrogen-bond acceptors (Lipinski definition) is 3. The second kappa shape index (κ2) is 7.32. The molecule has 0 spiro atoms. The number of carboxylic acids is 1. The maximum absolute atomic E-state index is 10.6. The first kappa shape index (κ1) is 21.4. The molecular formula is C17H34N4O2. The van der Waals surface area contributed by atoms with E-state index in [0.29, 0.717) is 17.6 Å². The molecule has 0 unspecified atom stereocenters. The van der Waals surface area contributed by atoms with Gasteiger partial charge in [0.15, 0.2) is 0 Å². The maximum Gasteiger partial charge on any atom is 0.305 e. The molecule has 0 rings (SSSR count). The topological polar surface area (TPSA) is 114 Å². The molecule has 6 nitrogen and oxygen atoms in total. The van der Waals surface area contributed by atoms with Gasteiger partial charge in [0.05, 0.1) is 18.5 Å². The van der Waals surface area contributed by atoms with Gasteiger partial charge in [-0.05, 0) is 19.8 Å². The van der Waals surface area contributed by atoms with Gasteiger partial charge in [-0.2, -0.15) is 0 Å². The predicted octanol–water partition coefficient (Wildman–Crippen LogP) is 2.66. The number of carbonyl (C=O) groups is 1. The third-order valence-corrected chi connectivity index (χ3v) is 5.28. The van der Waals surface area contributed by atoms with Crippen LogP contribution in [0.5, 0.6) is 0 Å². The van der Waals surface area contributed by atoms with Gasteiger partial charge < -0.3 is 16.6 Å². The predicted molar refractivity (Wildman–Crippen MR) is 96.8 cm³/mol. The van der Waals surface area contributed by atoms with Crippen LogP contribution in [0.2, 0.25) is 0 Å². The third kappa shape index (κ3) is 5.22. The summed E-state index contributed by atoms with van der Waals surface area (Å²) in [6.45, 7) is 16.4. The quantitative estimate of drug-likeness (QED) is 0.470. The molecule has 0 saturated carbocycles. The second-order valence-corrected chi connectivity index (χ2v) is 7.97. The summed E-state index contributed by atoms with van der Waals surface area (Å²) in [6.07, 6.45) is -0.0387. The number of hydrogen-bond donors (Lipinski definition) is 3. The van der Waals surface area contributed by atoms with Crippen molar-refractivity contribution in [3.8, 4) is 0 Å². The zero-order valence-electron chi connectivity index (χ0n) is 15.9. The molecule has 0 amide bonds. The van der Waals surface area contributed by atoms with Crippen LogP contribution in [0.15, 0.2) is 9.98 Å². The fourth-order valence-corrected chi connectivity index (χ4v) is 1.66. The zero-order valence-corrected chi connectivity index (χ0v) is 15.9. The van der Waals surface area contributed by atoms with Crippen LogP contribution in [-0.4, -0.2) is 34.8 Å². The molecule has 0 heterocycles. The number of aliphatic imine (C=N–C) groups is 2. The van der Waals surface area contributed by atoms with Gasteiger partial charge in [-0.3, -0.25) is 14.8 Å². The van der Waals surface area contributed by atoms with E-state index in [4.69, 9.17) is 21.6 Å². The number of carboxylic acid groups (broad SMARTS) is 1. The lowest BCUT2D eigenvalue weighted by Crippen LogP contribution is -2.50. The lowest BCUT2D eigenvalue weighted by atomic mass is 9.73. The van der Waals surface area contributed by atoms with Crippen LogP contribution in [0, 0.1) is 16.7 Å². The molecular weight excluding hydrogens is 292 g/mol. The lowest BCUT2D eigenvalue weighted by Gasteiger charge is -2.40. The molecule has 0 radical (unpaired) electrons. The summed E-state index contributed by atoms with van der Waals surface area (Å²) in [5.74, 6) is 0.442. The Balaban J connectivity index is 5.50. The molecule has 0 aromatic heterocycles. The minimum Gasteiger partial charge on any atom is -0.481 e. The smallest absolute Gasteiger partial charge is 0.305 e. The van der Waals surface area contributed by atoms with E-state index < -0.39 is 16.9 Å². The second-order valence-electron chi connectivity index (χ2n) is 7.97. The van der Waals surface area contributed by atoms with Crippen molar-refractivity contribution in [1.82, 2.24) is 0 Å². The SMILES string of the molecule is CC(C)C(C)(C)C(N)=NC(C)(C)C(C)(C)C(N)=NCCC(=O)O. The standard InChI is InChI=1S/C17H34N4O2/c1-11(2)15(3,4)13(18)21-17(7,8)16(5,6)14(19)20-10-9-12(22)23/h11H,9-10H2,1-8H3,(H2,18,21)(H2,19,20)(H,22,23). The number of amidine groups is 2. The van der Waals surface area contributed by atoms with Crippen molar-refractivity contribution in [3.05, 3.63) is 0 Å². The first-order chi connectivity index (χ1) is 10.2. The van der Waals surface area contributed by atoms with E-state index in [0.717, 1.165) is 0 Å². The van der Waals surface area contributed by atoms with E-state index in [-0.39, 0.29) is 18.4 Å². The first-order valence-electron chi connectivity index (χ1n) is 8.04. The van der Waals surface area contributed by atoms with Crippen LogP contribution < -0.4 is 11.5 Å². The van der Waals surface area contributed by atoms with Crippen molar-refractivity contribution >= 4 is 17.6 Å². The highest BCUT2D eigenvalue weighted by molar-refractivity contribution is 5.90. The molecule has 0 bridgehead atoms. The summed E-state index contributed by atoms with van der Waals surface area (Å²) in [7, 11) is 0. The normalized spacial score (nSPS) is 15.2. The summed E-state index contributed by atoms with van der Waals surface area (Å²) in [5.41, 5.74) is 11.0. The van der Waals surface area contributed by atoms with Crippen LogP contribution in [0.1, 0.15) is 61.8 Å². The van der Waals surface area contributed by atoms with E-state index >= 15 is 0 Å². The maximum atomic E-state index is 10.6. The lowest BCUT2D eigenvalue weighted by molar-refractivity contribution is -0.136. The Hall–Kier alpha value is -1.59. The zero-order chi connectivity index (χ0) is 18.6. The minimum atomic E-state index is -0.889. The molecule has 0 aromatic carbocycles. The monoisotopic (exact) mass is 326 g/mol. The average Bonchev–Trinajstić information content (AvgIpc) is 2.36. The van der Waals surface area contributed by atoms with Gasteiger partial charge in [0, 0.05) is 10.8 Å². The van der Waals surface area contributed by atoms with Crippen LogP contribution in [0.4, 0.5) is 0 Å². The van der Waals surface area contributed by atoms with Crippen molar-refractivity contribution in [1.29, 1.82) is 0 Å². The van der Waals surface area contributed by atoms with Gasteiger partial charge in [0.25, 0.3) is 0 Å². The van der Waals surface area contributed by atoms with E-state index in [1.165, 1.54) is 0 Å². The largest absolute Gasteiger partial charge is 0.481 e. The highest BCUT2D eigenvalue weighted by Gasteiger charge is 2.41. The van der Waals surface area contributed by atoms with Crippen LogP contribution >= 0.6 is 0 Å². The number of nitrogens with zero attached hydrogens (tertiary/aromatic N) is 2. The fourth-order valence-electron chi connectivity index (χ4n) is 1.66. The summed E-state index contributed by atoms with van der Waals surface area (Å²) < 4.78 is 0. The van der Waals surface area contributed by atoms with Gasteiger partial charge >= 0.3 is 5.97 Å². The van der Waals surface area contributed by atoms with Gasteiger partial charge in [0.1, 0.15) is 11.7 Å². The van der Waals surface area contributed by atoms with E-state index in [1.54, 1.807) is 0 Å². The van der Waals surface area contributed by atoms with Crippen LogP contribution in [0.3, 0.4) is 0 Å². The molecule has 0 aliphatic carbocycles. The minimum absolute atomic E-state index is 0.0387. The third-order valence-electron chi connectivity index (χ3n) is 5.28. The molecule has 0 aliphatic rings. The fraction of sp³-hybridized carbons (Fsp3) is 0.824. The van der Waals surface area contributed by atoms with Crippen molar-refractivity contribution in [2.24, 2.45) is 38.2 Å². The molecule has 0 saturated heterocycles. The Morgan fingerprint density at radius 3 is 1.91 bits per heavy atom. The molecule has 5 N–H and O–H groups in total. The molecule has 6 heteroatoms. The first-order valence-corrected chi connectivity index (χ1v) is 8.04. The highest BCUT2D eigenvalue weighted by Crippen LogP contribution is 2.36. The van der Waals surface area contributed by atoms with Crippen molar-refractivity contribution in [2.75, 3.05) is 6.54 Å². The molecule has 23 heavy (non-hydrogen) atoms. The van der Waals surface area contributed by atoms with Crippen molar-refractivity contribution < 1.29 is 9.90 Å². The Morgan fingerprint density at radius 1 is 1.04 bits per heavy atom. The van der Waals surface area contributed by atoms with Gasteiger partial charge in [-0.15, -0.1) is 0 Å². The van der Waals surface area contributed by atoms with Crippen LogP contribution in [0.25, 0.3) is 0 Å². The Kier molecular flexibility index (Phi) is 6.81.